The molecular formula is C19H21F3N2O4. The summed E-state index contributed by atoms with van der Waals surface area (Å²) in [7, 11) is 0. The van der Waals surface area contributed by atoms with Crippen LogP contribution in [0.25, 0.3) is 0 Å². The number of rotatable bonds is 4. The molecule has 0 atom stereocenters. The molecule has 1 aliphatic heterocycles. The van der Waals surface area contributed by atoms with E-state index < -0.39 is 29.5 Å². The van der Waals surface area contributed by atoms with Crippen LogP contribution >= 0.6 is 0 Å². The molecule has 2 amide bonds. The third-order valence-corrected chi connectivity index (χ3v) is 5.30. The molecular weight excluding hydrogens is 377 g/mol. The van der Waals surface area contributed by atoms with Gasteiger partial charge in [0.25, 0.3) is 5.91 Å². The highest BCUT2D eigenvalue weighted by Gasteiger charge is 2.34. The lowest BCUT2D eigenvalue weighted by molar-refractivity contribution is -0.143. The van der Waals surface area contributed by atoms with Crippen LogP contribution in [-0.4, -0.2) is 35.5 Å². The summed E-state index contributed by atoms with van der Waals surface area (Å²) in [6, 6.07) is 2.69. The Labute approximate surface area is 159 Å². The highest BCUT2D eigenvalue weighted by Crippen LogP contribution is 2.34. The predicted molar refractivity (Wildman–Crippen MR) is 93.9 cm³/mol. The van der Waals surface area contributed by atoms with Crippen LogP contribution in [0.15, 0.2) is 18.2 Å². The Morgan fingerprint density at radius 2 is 1.79 bits per heavy atom. The van der Waals surface area contributed by atoms with Crippen molar-refractivity contribution in [2.45, 2.75) is 50.7 Å². The molecule has 1 heterocycles. The van der Waals surface area contributed by atoms with Crippen LogP contribution < -0.4 is 10.2 Å². The standard InChI is InChI=1S/C19H21F3N2O4/c20-19(21,22)13-8-12(9-15(10-13)24-7-1-2-16(24)25)17(26)23-14-5-3-11(4-6-14)18(27)28/h8-11,14H,1-7H2,(H,23,26)(H,27,28). The maximum absolute atomic E-state index is 13.3. The van der Waals surface area contributed by atoms with Crippen LogP contribution in [0, 0.1) is 5.92 Å². The molecule has 6 nitrogen and oxygen atoms in total. The van der Waals surface area contributed by atoms with Gasteiger partial charge in [-0.2, -0.15) is 13.2 Å². The third-order valence-electron chi connectivity index (χ3n) is 5.30. The fourth-order valence-corrected chi connectivity index (χ4v) is 3.74. The van der Waals surface area contributed by atoms with Gasteiger partial charge in [-0.1, -0.05) is 0 Å². The van der Waals surface area contributed by atoms with E-state index in [0.717, 1.165) is 12.1 Å². The Morgan fingerprint density at radius 3 is 2.32 bits per heavy atom. The number of nitrogens with zero attached hydrogens (tertiary/aromatic N) is 1. The second-order valence-corrected chi connectivity index (χ2v) is 7.28. The van der Waals surface area contributed by atoms with Gasteiger partial charge >= 0.3 is 12.1 Å². The number of hydrogen-bond donors (Lipinski definition) is 2. The molecule has 2 N–H and O–H groups in total. The third kappa shape index (κ3) is 4.45. The molecule has 9 heteroatoms. The molecule has 1 aromatic carbocycles. The molecule has 1 saturated carbocycles. The Morgan fingerprint density at radius 1 is 1.11 bits per heavy atom. The first-order valence-electron chi connectivity index (χ1n) is 9.21. The zero-order chi connectivity index (χ0) is 20.5. The van der Waals surface area contributed by atoms with E-state index in [-0.39, 0.29) is 29.6 Å². The highest BCUT2D eigenvalue weighted by molar-refractivity contribution is 5.99. The average Bonchev–Trinajstić information content (AvgIpc) is 3.07. The van der Waals surface area contributed by atoms with Crippen molar-refractivity contribution < 1.29 is 32.7 Å². The number of halogens is 3. The molecule has 152 valence electrons. The van der Waals surface area contributed by atoms with Crippen LogP contribution in [0.1, 0.15) is 54.4 Å². The second-order valence-electron chi connectivity index (χ2n) is 7.28. The van der Waals surface area contributed by atoms with E-state index >= 15 is 0 Å². The molecule has 2 fully saturated rings. The van der Waals surface area contributed by atoms with Crippen LogP contribution in [-0.2, 0) is 15.8 Å². The number of carbonyl (C=O) groups is 3. The molecule has 2 aliphatic rings. The van der Waals surface area contributed by atoms with E-state index in [2.05, 4.69) is 5.32 Å². The van der Waals surface area contributed by atoms with Gasteiger partial charge in [0.2, 0.25) is 5.91 Å². The lowest BCUT2D eigenvalue weighted by atomic mass is 9.86. The molecule has 0 spiro atoms. The topological polar surface area (TPSA) is 86.7 Å². The van der Waals surface area contributed by atoms with E-state index in [9.17, 15) is 27.6 Å². The lowest BCUT2D eigenvalue weighted by Crippen LogP contribution is -2.39. The molecule has 0 unspecified atom stereocenters. The van der Waals surface area contributed by atoms with Crippen molar-refractivity contribution in [3.05, 3.63) is 29.3 Å². The van der Waals surface area contributed by atoms with Crippen molar-refractivity contribution >= 4 is 23.5 Å². The maximum Gasteiger partial charge on any atom is 0.416 e. The quantitative estimate of drug-likeness (QED) is 0.816. The number of nitrogens with one attached hydrogen (secondary N) is 1. The van der Waals surface area contributed by atoms with Crippen molar-refractivity contribution in [2.75, 3.05) is 11.4 Å². The fourth-order valence-electron chi connectivity index (χ4n) is 3.74. The van der Waals surface area contributed by atoms with E-state index in [1.807, 2.05) is 0 Å². The largest absolute Gasteiger partial charge is 0.481 e. The van der Waals surface area contributed by atoms with Gasteiger partial charge < -0.3 is 15.3 Å². The SMILES string of the molecule is O=C(NC1CCC(C(=O)O)CC1)c1cc(N2CCCC2=O)cc(C(F)(F)F)c1. The van der Waals surface area contributed by atoms with Gasteiger partial charge in [-0.25, -0.2) is 0 Å². The normalized spacial score (nSPS) is 23.0. The number of hydrogen-bond acceptors (Lipinski definition) is 3. The summed E-state index contributed by atoms with van der Waals surface area (Å²) in [6.07, 6.45) is -2.08. The second kappa shape index (κ2) is 7.81. The van der Waals surface area contributed by atoms with Crippen molar-refractivity contribution in [3.63, 3.8) is 0 Å². The van der Waals surface area contributed by atoms with Crippen molar-refractivity contribution in [1.82, 2.24) is 5.32 Å². The number of amides is 2. The monoisotopic (exact) mass is 398 g/mol. The summed E-state index contributed by atoms with van der Waals surface area (Å²) in [5.41, 5.74) is -1.08. The van der Waals surface area contributed by atoms with Gasteiger partial charge in [-0.3, -0.25) is 14.4 Å². The predicted octanol–water partition coefficient (Wildman–Crippen LogP) is 3.21. The minimum absolute atomic E-state index is 0.0667. The first-order chi connectivity index (χ1) is 13.1. The van der Waals surface area contributed by atoms with Crippen LogP contribution in [0.5, 0.6) is 0 Å². The molecule has 0 radical (unpaired) electrons. The molecule has 1 aromatic rings. The van der Waals surface area contributed by atoms with Crippen LogP contribution in [0.4, 0.5) is 18.9 Å². The van der Waals surface area contributed by atoms with E-state index in [1.165, 1.54) is 11.0 Å². The smallest absolute Gasteiger partial charge is 0.416 e. The first kappa shape index (κ1) is 20.2. The maximum atomic E-state index is 13.3. The number of carboxylic acids is 1. The van der Waals surface area contributed by atoms with Crippen molar-refractivity contribution in [1.29, 1.82) is 0 Å². The lowest BCUT2D eigenvalue weighted by Gasteiger charge is -2.27. The molecule has 1 saturated heterocycles. The highest BCUT2D eigenvalue weighted by atomic mass is 19.4. The number of anilines is 1. The Bertz CT molecular complexity index is 786. The minimum Gasteiger partial charge on any atom is -0.481 e. The van der Waals surface area contributed by atoms with Gasteiger partial charge in [-0.15, -0.1) is 0 Å². The average molecular weight is 398 g/mol. The Kier molecular flexibility index (Phi) is 5.62. The van der Waals surface area contributed by atoms with Gasteiger partial charge in [0.15, 0.2) is 0 Å². The number of carboxylic acid groups (broad SMARTS) is 1. The summed E-state index contributed by atoms with van der Waals surface area (Å²) in [5.74, 6) is -2.24. The van der Waals surface area contributed by atoms with Gasteiger partial charge in [0.05, 0.1) is 11.5 Å². The van der Waals surface area contributed by atoms with Gasteiger partial charge in [0, 0.05) is 30.3 Å². The van der Waals surface area contributed by atoms with Crippen LogP contribution in [0.3, 0.4) is 0 Å². The summed E-state index contributed by atoms with van der Waals surface area (Å²) in [6.45, 7) is 0.320. The summed E-state index contributed by atoms with van der Waals surface area (Å²) in [5, 5.41) is 11.7. The van der Waals surface area contributed by atoms with Crippen molar-refractivity contribution in [2.24, 2.45) is 5.92 Å². The summed E-state index contributed by atoms with van der Waals surface area (Å²) >= 11 is 0. The van der Waals surface area contributed by atoms with Gasteiger partial charge in [-0.05, 0) is 50.3 Å². The van der Waals surface area contributed by atoms with Crippen LogP contribution in [0.2, 0.25) is 0 Å². The Hall–Kier alpha value is -2.58. The minimum atomic E-state index is -4.65. The van der Waals surface area contributed by atoms with Gasteiger partial charge in [0.1, 0.15) is 0 Å². The number of aliphatic carboxylic acids is 1. The molecule has 0 aromatic heterocycles. The summed E-state index contributed by atoms with van der Waals surface area (Å²) in [4.78, 5) is 36.7. The number of carbonyl (C=O) groups excluding carboxylic acids is 2. The fraction of sp³-hybridized carbons (Fsp3) is 0.526. The zero-order valence-corrected chi connectivity index (χ0v) is 15.1. The molecule has 1 aliphatic carbocycles. The first-order valence-corrected chi connectivity index (χ1v) is 9.21. The molecule has 3 rings (SSSR count). The van der Waals surface area contributed by atoms with E-state index in [1.54, 1.807) is 0 Å². The molecule has 0 bridgehead atoms. The van der Waals surface area contributed by atoms with E-state index in [4.69, 9.17) is 5.11 Å². The number of benzene rings is 1. The Balaban J connectivity index is 1.79. The zero-order valence-electron chi connectivity index (χ0n) is 15.1. The molecule has 28 heavy (non-hydrogen) atoms. The van der Waals surface area contributed by atoms with Crippen molar-refractivity contribution in [3.8, 4) is 0 Å². The summed E-state index contributed by atoms with van der Waals surface area (Å²) < 4.78 is 39.8. The van der Waals surface area contributed by atoms with E-state index in [0.29, 0.717) is 38.6 Å². The number of alkyl halides is 3.